The van der Waals surface area contributed by atoms with Gasteiger partial charge in [-0.3, -0.25) is 4.98 Å². The summed E-state index contributed by atoms with van der Waals surface area (Å²) in [7, 11) is 0. The molecule has 17 heavy (non-hydrogen) atoms. The van der Waals surface area contributed by atoms with E-state index in [0.29, 0.717) is 12.5 Å². The second kappa shape index (κ2) is 4.46. The standard InChI is InChI=1S/C15H20N2/c1-9(2)13-7-12(8-16)15-11(4)5-10(3)6-14(15)17-13/h5-7,9H,8,16H2,1-4H3. The Bertz CT molecular complexity index is 556. The quantitative estimate of drug-likeness (QED) is 0.855. The predicted octanol–water partition coefficient (Wildman–Crippen LogP) is 3.43. The minimum atomic E-state index is 0.436. The molecule has 2 aromatic rings. The molecule has 1 aromatic heterocycles. The molecule has 2 N–H and O–H groups in total. The molecule has 2 nitrogen and oxygen atoms in total. The molecular weight excluding hydrogens is 208 g/mol. The van der Waals surface area contributed by atoms with Gasteiger partial charge in [-0.05, 0) is 48.6 Å². The van der Waals surface area contributed by atoms with Gasteiger partial charge in [0.25, 0.3) is 0 Å². The normalized spacial score (nSPS) is 11.4. The highest BCUT2D eigenvalue weighted by Gasteiger charge is 2.09. The highest BCUT2D eigenvalue weighted by atomic mass is 14.7. The maximum atomic E-state index is 5.86. The van der Waals surface area contributed by atoms with Gasteiger partial charge in [0.2, 0.25) is 0 Å². The second-order valence-electron chi connectivity index (χ2n) is 5.04. The van der Waals surface area contributed by atoms with Crippen LogP contribution in [0.15, 0.2) is 18.2 Å². The number of pyridine rings is 1. The van der Waals surface area contributed by atoms with Gasteiger partial charge in [0.05, 0.1) is 5.52 Å². The van der Waals surface area contributed by atoms with Crippen LogP contribution >= 0.6 is 0 Å². The third kappa shape index (κ3) is 2.18. The molecule has 1 heterocycles. The van der Waals surface area contributed by atoms with Gasteiger partial charge in [0.1, 0.15) is 0 Å². The lowest BCUT2D eigenvalue weighted by Crippen LogP contribution is -2.03. The zero-order chi connectivity index (χ0) is 12.6. The number of hydrogen-bond donors (Lipinski definition) is 1. The van der Waals surface area contributed by atoms with Crippen molar-refractivity contribution in [3.05, 3.63) is 40.6 Å². The second-order valence-corrected chi connectivity index (χ2v) is 5.04. The van der Waals surface area contributed by atoms with Crippen LogP contribution in [-0.4, -0.2) is 4.98 Å². The molecule has 0 bridgehead atoms. The fraction of sp³-hybridized carbons (Fsp3) is 0.400. The Hall–Kier alpha value is -1.41. The van der Waals surface area contributed by atoms with Crippen molar-refractivity contribution in [3.8, 4) is 0 Å². The van der Waals surface area contributed by atoms with Crippen LogP contribution in [-0.2, 0) is 6.54 Å². The van der Waals surface area contributed by atoms with Crippen molar-refractivity contribution < 1.29 is 0 Å². The first-order chi connectivity index (χ1) is 8.02. The Labute approximate surface area is 103 Å². The highest BCUT2D eigenvalue weighted by molar-refractivity contribution is 5.86. The van der Waals surface area contributed by atoms with Crippen LogP contribution in [0.3, 0.4) is 0 Å². The van der Waals surface area contributed by atoms with Crippen molar-refractivity contribution in [3.63, 3.8) is 0 Å². The molecule has 0 spiro atoms. The SMILES string of the molecule is Cc1cc(C)c2c(CN)cc(C(C)C)nc2c1. The zero-order valence-electron chi connectivity index (χ0n) is 11.0. The number of benzene rings is 1. The van der Waals surface area contributed by atoms with E-state index in [-0.39, 0.29) is 0 Å². The molecule has 0 fully saturated rings. The Morgan fingerprint density at radius 1 is 1.18 bits per heavy atom. The number of aryl methyl sites for hydroxylation is 2. The van der Waals surface area contributed by atoms with E-state index in [1.807, 2.05) is 0 Å². The Morgan fingerprint density at radius 3 is 2.47 bits per heavy atom. The molecule has 0 amide bonds. The Balaban J connectivity index is 2.82. The molecular formula is C15H20N2. The van der Waals surface area contributed by atoms with Crippen LogP contribution in [0, 0.1) is 13.8 Å². The Kier molecular flexibility index (Phi) is 3.16. The van der Waals surface area contributed by atoms with Gasteiger partial charge in [0.15, 0.2) is 0 Å². The molecule has 90 valence electrons. The summed E-state index contributed by atoms with van der Waals surface area (Å²) < 4.78 is 0. The first-order valence-corrected chi connectivity index (χ1v) is 6.13. The van der Waals surface area contributed by atoms with Gasteiger partial charge in [-0.15, -0.1) is 0 Å². The summed E-state index contributed by atoms with van der Waals surface area (Å²) in [5.41, 5.74) is 11.8. The predicted molar refractivity (Wildman–Crippen MR) is 73.2 cm³/mol. The smallest absolute Gasteiger partial charge is 0.0713 e. The lowest BCUT2D eigenvalue weighted by molar-refractivity contribution is 0.825. The minimum Gasteiger partial charge on any atom is -0.326 e. The van der Waals surface area contributed by atoms with Gasteiger partial charge < -0.3 is 5.73 Å². The molecule has 0 saturated carbocycles. The van der Waals surface area contributed by atoms with Crippen molar-refractivity contribution in [1.29, 1.82) is 0 Å². The molecule has 0 atom stereocenters. The number of hydrogen-bond acceptors (Lipinski definition) is 2. The molecule has 2 heteroatoms. The molecule has 0 aliphatic carbocycles. The van der Waals surface area contributed by atoms with Gasteiger partial charge in [-0.2, -0.15) is 0 Å². The third-order valence-electron chi connectivity index (χ3n) is 3.16. The summed E-state index contributed by atoms with van der Waals surface area (Å²) >= 11 is 0. The van der Waals surface area contributed by atoms with E-state index in [1.54, 1.807) is 0 Å². The molecule has 0 unspecified atom stereocenters. The lowest BCUT2D eigenvalue weighted by Gasteiger charge is -2.13. The number of nitrogens with zero attached hydrogens (tertiary/aromatic N) is 1. The topological polar surface area (TPSA) is 38.9 Å². The first kappa shape index (κ1) is 12.1. The van der Waals surface area contributed by atoms with E-state index in [4.69, 9.17) is 10.7 Å². The van der Waals surface area contributed by atoms with Crippen LogP contribution in [0.1, 0.15) is 42.1 Å². The molecule has 0 saturated heterocycles. The van der Waals surface area contributed by atoms with Crippen LogP contribution in [0.5, 0.6) is 0 Å². The van der Waals surface area contributed by atoms with Crippen LogP contribution in [0.25, 0.3) is 10.9 Å². The van der Waals surface area contributed by atoms with E-state index in [1.165, 1.54) is 22.1 Å². The van der Waals surface area contributed by atoms with E-state index in [9.17, 15) is 0 Å². The molecule has 0 aliphatic rings. The highest BCUT2D eigenvalue weighted by Crippen LogP contribution is 2.26. The fourth-order valence-electron chi connectivity index (χ4n) is 2.33. The summed E-state index contributed by atoms with van der Waals surface area (Å²) in [6.45, 7) is 9.14. The van der Waals surface area contributed by atoms with Crippen LogP contribution in [0.2, 0.25) is 0 Å². The number of rotatable bonds is 2. The lowest BCUT2D eigenvalue weighted by atomic mass is 9.98. The van der Waals surface area contributed by atoms with Crippen molar-refractivity contribution in [1.82, 2.24) is 4.98 Å². The summed E-state index contributed by atoms with van der Waals surface area (Å²) in [5.74, 6) is 0.436. The van der Waals surface area contributed by atoms with Crippen molar-refractivity contribution in [2.45, 2.75) is 40.2 Å². The summed E-state index contributed by atoms with van der Waals surface area (Å²) in [4.78, 5) is 4.75. The maximum Gasteiger partial charge on any atom is 0.0713 e. The Morgan fingerprint density at radius 2 is 1.88 bits per heavy atom. The van der Waals surface area contributed by atoms with E-state index in [2.05, 4.69) is 45.9 Å². The molecule has 0 aliphatic heterocycles. The maximum absolute atomic E-state index is 5.86. The van der Waals surface area contributed by atoms with Gasteiger partial charge in [-0.1, -0.05) is 19.9 Å². The number of nitrogens with two attached hydrogens (primary N) is 1. The average molecular weight is 228 g/mol. The average Bonchev–Trinajstić information content (AvgIpc) is 2.26. The van der Waals surface area contributed by atoms with Crippen LogP contribution in [0.4, 0.5) is 0 Å². The molecule has 0 radical (unpaired) electrons. The van der Waals surface area contributed by atoms with Crippen molar-refractivity contribution in [2.75, 3.05) is 0 Å². The van der Waals surface area contributed by atoms with Gasteiger partial charge in [-0.25, -0.2) is 0 Å². The van der Waals surface area contributed by atoms with Crippen molar-refractivity contribution in [2.24, 2.45) is 5.73 Å². The van der Waals surface area contributed by atoms with Gasteiger partial charge in [0, 0.05) is 17.6 Å². The number of fused-ring (bicyclic) bond motifs is 1. The van der Waals surface area contributed by atoms with E-state index < -0.39 is 0 Å². The van der Waals surface area contributed by atoms with Gasteiger partial charge >= 0.3 is 0 Å². The fourth-order valence-corrected chi connectivity index (χ4v) is 2.33. The van der Waals surface area contributed by atoms with Crippen molar-refractivity contribution >= 4 is 10.9 Å². The van der Waals surface area contributed by atoms with E-state index in [0.717, 1.165) is 11.2 Å². The zero-order valence-corrected chi connectivity index (χ0v) is 11.0. The summed E-state index contributed by atoms with van der Waals surface area (Å²) in [6, 6.07) is 6.49. The van der Waals surface area contributed by atoms with Crippen LogP contribution < -0.4 is 5.73 Å². The number of aromatic nitrogens is 1. The summed E-state index contributed by atoms with van der Waals surface area (Å²) in [6.07, 6.45) is 0. The van der Waals surface area contributed by atoms with E-state index >= 15 is 0 Å². The minimum absolute atomic E-state index is 0.436. The summed E-state index contributed by atoms with van der Waals surface area (Å²) in [5, 5.41) is 1.22. The third-order valence-corrected chi connectivity index (χ3v) is 3.16. The monoisotopic (exact) mass is 228 g/mol. The largest absolute Gasteiger partial charge is 0.326 e. The molecule has 1 aromatic carbocycles. The first-order valence-electron chi connectivity index (χ1n) is 6.13. The molecule has 2 rings (SSSR count).